The second kappa shape index (κ2) is 10.8. The minimum Gasteiger partial charge on any atom is -0.489 e. The predicted molar refractivity (Wildman–Crippen MR) is 138 cm³/mol. The van der Waals surface area contributed by atoms with Gasteiger partial charge >= 0.3 is 6.18 Å². The summed E-state index contributed by atoms with van der Waals surface area (Å²) in [5.74, 6) is -1.46. The average molecular weight is 582 g/mol. The molecule has 0 saturated heterocycles. The Morgan fingerprint density at radius 3 is 2.54 bits per heavy atom. The van der Waals surface area contributed by atoms with Crippen LogP contribution >= 0.6 is 11.6 Å². The van der Waals surface area contributed by atoms with Crippen LogP contribution < -0.4 is 20.1 Å². The van der Waals surface area contributed by atoms with E-state index in [1.54, 1.807) is 19.1 Å². The number of rotatable bonds is 7. The molecule has 0 aliphatic carbocycles. The number of sulfonamides is 1. The number of anilines is 1. The third-order valence-electron chi connectivity index (χ3n) is 6.03. The maximum absolute atomic E-state index is 13.4. The van der Waals surface area contributed by atoms with Crippen LogP contribution in [0.3, 0.4) is 0 Å². The molecule has 1 atom stereocenters. The lowest BCUT2D eigenvalue weighted by molar-refractivity contribution is -0.137. The van der Waals surface area contributed by atoms with E-state index in [1.165, 1.54) is 30.3 Å². The van der Waals surface area contributed by atoms with Gasteiger partial charge in [0, 0.05) is 10.6 Å². The number of hydrogen-bond donors (Lipinski definition) is 2. The standard InChI is InChI=1S/C26H23ClF3N3O5S/c1-15-3-2-4-18(11-15)39(36,37)33-9-10-38-23-8-5-16(12-22(23)33)25(35)32-21(14-24(31)34)19-13-17(26(28,29)30)6-7-20(19)27/h2-8,11-13,21H,9-10,14H2,1H3,(H2,31,34)(H,32,35)/t21-/m0/s1. The van der Waals surface area contributed by atoms with Gasteiger partial charge in [-0.25, -0.2) is 8.42 Å². The van der Waals surface area contributed by atoms with E-state index in [0.29, 0.717) is 0 Å². The van der Waals surface area contributed by atoms with E-state index in [0.717, 1.165) is 28.1 Å². The first-order chi connectivity index (χ1) is 18.3. The smallest absolute Gasteiger partial charge is 0.416 e. The number of aryl methyl sites for hydroxylation is 1. The van der Waals surface area contributed by atoms with Crippen LogP contribution in [0, 0.1) is 6.92 Å². The van der Waals surface area contributed by atoms with E-state index in [1.807, 2.05) is 0 Å². The molecular weight excluding hydrogens is 559 g/mol. The fraction of sp³-hybridized carbons (Fsp3) is 0.231. The first-order valence-electron chi connectivity index (χ1n) is 11.6. The summed E-state index contributed by atoms with van der Waals surface area (Å²) in [6.07, 6.45) is -5.22. The molecule has 3 N–H and O–H groups in total. The lowest BCUT2D eigenvalue weighted by atomic mass is 9.99. The fourth-order valence-corrected chi connectivity index (χ4v) is 5.96. The van der Waals surface area contributed by atoms with Crippen LogP contribution in [0.2, 0.25) is 5.02 Å². The van der Waals surface area contributed by atoms with Gasteiger partial charge in [-0.2, -0.15) is 13.2 Å². The zero-order valence-electron chi connectivity index (χ0n) is 20.5. The molecule has 3 aromatic carbocycles. The van der Waals surface area contributed by atoms with Gasteiger partial charge < -0.3 is 15.8 Å². The van der Waals surface area contributed by atoms with E-state index < -0.39 is 46.0 Å². The van der Waals surface area contributed by atoms with Crippen molar-refractivity contribution in [2.75, 3.05) is 17.5 Å². The molecule has 2 amide bonds. The number of ether oxygens (including phenoxy) is 1. The van der Waals surface area contributed by atoms with Crippen LogP contribution in [-0.2, 0) is 21.0 Å². The van der Waals surface area contributed by atoms with Gasteiger partial charge in [0.05, 0.1) is 35.2 Å². The number of amides is 2. The maximum Gasteiger partial charge on any atom is 0.416 e. The van der Waals surface area contributed by atoms with Gasteiger partial charge in [0.15, 0.2) is 0 Å². The highest BCUT2D eigenvalue weighted by Gasteiger charge is 2.33. The third-order valence-corrected chi connectivity index (χ3v) is 8.18. The van der Waals surface area contributed by atoms with E-state index in [9.17, 15) is 31.2 Å². The van der Waals surface area contributed by atoms with Crippen molar-refractivity contribution < 1.29 is 35.9 Å². The Morgan fingerprint density at radius 1 is 1.13 bits per heavy atom. The zero-order chi connectivity index (χ0) is 28.5. The van der Waals surface area contributed by atoms with Crippen molar-refractivity contribution in [2.24, 2.45) is 5.73 Å². The molecular formula is C26H23ClF3N3O5S. The van der Waals surface area contributed by atoms with Gasteiger partial charge in [0.25, 0.3) is 15.9 Å². The van der Waals surface area contributed by atoms with E-state index in [4.69, 9.17) is 22.1 Å². The van der Waals surface area contributed by atoms with Crippen molar-refractivity contribution in [1.29, 1.82) is 0 Å². The largest absolute Gasteiger partial charge is 0.489 e. The lowest BCUT2D eigenvalue weighted by Gasteiger charge is -2.31. The summed E-state index contributed by atoms with van der Waals surface area (Å²) in [6, 6.07) is 11.7. The average Bonchev–Trinajstić information content (AvgIpc) is 2.87. The number of carbonyl (C=O) groups is 2. The first-order valence-corrected chi connectivity index (χ1v) is 13.4. The van der Waals surface area contributed by atoms with E-state index >= 15 is 0 Å². The number of halogens is 4. The van der Waals surface area contributed by atoms with E-state index in [2.05, 4.69) is 5.32 Å². The number of nitrogens with two attached hydrogens (primary N) is 1. The van der Waals surface area contributed by atoms with Crippen molar-refractivity contribution in [3.8, 4) is 5.75 Å². The topological polar surface area (TPSA) is 119 Å². The zero-order valence-corrected chi connectivity index (χ0v) is 22.0. The SMILES string of the molecule is Cc1cccc(S(=O)(=O)N2CCOc3ccc(C(=O)N[C@@H](CC(N)=O)c4cc(C(F)(F)F)ccc4Cl)cc32)c1. The molecule has 0 fully saturated rings. The Bertz CT molecular complexity index is 1550. The summed E-state index contributed by atoms with van der Waals surface area (Å²) in [5.41, 5.74) is 4.95. The number of carbonyl (C=O) groups excluding carboxylic acids is 2. The Morgan fingerprint density at radius 2 is 1.87 bits per heavy atom. The number of nitrogens with one attached hydrogen (secondary N) is 1. The normalized spacial score (nSPS) is 14.2. The molecule has 13 heteroatoms. The fourth-order valence-electron chi connectivity index (χ4n) is 4.16. The van der Waals surface area contributed by atoms with Crippen molar-refractivity contribution in [3.05, 3.63) is 87.9 Å². The molecule has 0 unspecified atom stereocenters. The van der Waals surface area contributed by atoms with Gasteiger partial charge in [-0.15, -0.1) is 0 Å². The molecule has 39 heavy (non-hydrogen) atoms. The van der Waals surface area contributed by atoms with Gasteiger partial charge in [0.1, 0.15) is 12.4 Å². The van der Waals surface area contributed by atoms with E-state index in [-0.39, 0.29) is 45.6 Å². The van der Waals surface area contributed by atoms with Crippen molar-refractivity contribution >= 4 is 39.1 Å². The molecule has 3 aromatic rings. The Labute approximate surface area is 227 Å². The number of fused-ring (bicyclic) bond motifs is 1. The number of primary amides is 1. The summed E-state index contributed by atoms with van der Waals surface area (Å²) >= 11 is 6.13. The quantitative estimate of drug-likeness (QED) is 0.423. The highest BCUT2D eigenvalue weighted by molar-refractivity contribution is 7.92. The molecule has 0 bridgehead atoms. The van der Waals surface area contributed by atoms with Crippen LogP contribution in [0.15, 0.2) is 65.6 Å². The Kier molecular flexibility index (Phi) is 7.80. The van der Waals surface area contributed by atoms with Crippen LogP contribution in [0.1, 0.15) is 39.5 Å². The molecule has 1 heterocycles. The van der Waals surface area contributed by atoms with Crippen LogP contribution in [-0.4, -0.2) is 33.4 Å². The third kappa shape index (κ3) is 6.12. The van der Waals surface area contributed by atoms with Gasteiger partial charge in [-0.1, -0.05) is 23.7 Å². The number of benzene rings is 3. The van der Waals surface area contributed by atoms with Gasteiger partial charge in [0.2, 0.25) is 5.91 Å². The molecule has 0 radical (unpaired) electrons. The maximum atomic E-state index is 13.4. The summed E-state index contributed by atoms with van der Waals surface area (Å²) < 4.78 is 73.5. The Balaban J connectivity index is 1.69. The predicted octanol–water partition coefficient (Wildman–Crippen LogP) is 4.60. The molecule has 206 valence electrons. The van der Waals surface area contributed by atoms with Gasteiger partial charge in [-0.05, 0) is 66.6 Å². The highest BCUT2D eigenvalue weighted by atomic mass is 35.5. The van der Waals surface area contributed by atoms with Crippen molar-refractivity contribution in [3.63, 3.8) is 0 Å². The summed E-state index contributed by atoms with van der Waals surface area (Å²) in [4.78, 5) is 25.0. The molecule has 1 aliphatic rings. The minimum absolute atomic E-state index is 0.0154. The van der Waals surface area contributed by atoms with Crippen molar-refractivity contribution in [1.82, 2.24) is 5.32 Å². The molecule has 0 saturated carbocycles. The van der Waals surface area contributed by atoms with Gasteiger partial charge in [-0.3, -0.25) is 13.9 Å². The molecule has 8 nitrogen and oxygen atoms in total. The summed E-state index contributed by atoms with van der Waals surface area (Å²) in [6.45, 7) is 1.82. The van der Waals surface area contributed by atoms with Crippen LogP contribution in [0.5, 0.6) is 5.75 Å². The lowest BCUT2D eigenvalue weighted by Crippen LogP contribution is -2.38. The van der Waals surface area contributed by atoms with Crippen LogP contribution in [0.4, 0.5) is 18.9 Å². The number of nitrogens with zero attached hydrogens (tertiary/aromatic N) is 1. The highest BCUT2D eigenvalue weighted by Crippen LogP contribution is 2.37. The second-order valence-electron chi connectivity index (χ2n) is 8.86. The number of hydrogen-bond acceptors (Lipinski definition) is 5. The monoisotopic (exact) mass is 581 g/mol. The molecule has 0 aromatic heterocycles. The summed E-state index contributed by atoms with van der Waals surface area (Å²) in [5, 5.41) is 2.39. The minimum atomic E-state index is -4.69. The molecule has 0 spiro atoms. The Hall–Kier alpha value is -3.77. The van der Waals surface area contributed by atoms with Crippen LogP contribution in [0.25, 0.3) is 0 Å². The summed E-state index contributed by atoms with van der Waals surface area (Å²) in [7, 11) is -4.01. The second-order valence-corrected chi connectivity index (χ2v) is 11.1. The first kappa shape index (κ1) is 28.2. The molecule has 1 aliphatic heterocycles. The van der Waals surface area contributed by atoms with Crippen molar-refractivity contribution in [2.45, 2.75) is 30.5 Å². The number of alkyl halides is 3. The molecule has 4 rings (SSSR count).